The minimum absolute atomic E-state index is 0. The predicted molar refractivity (Wildman–Crippen MR) is 103 cm³/mol. The van der Waals surface area contributed by atoms with Crippen molar-refractivity contribution in [2.75, 3.05) is 26.2 Å². The minimum atomic E-state index is -0.839. The van der Waals surface area contributed by atoms with Crippen molar-refractivity contribution in [2.24, 2.45) is 5.92 Å². The fourth-order valence-corrected chi connectivity index (χ4v) is 3.24. The van der Waals surface area contributed by atoms with Crippen LogP contribution in [0.4, 0.5) is 0 Å². The standard InChI is InChI=1S/C19H26N2O4.ClH/c1-3-6-15-11-21(13-18(22)23)12-17(15)20-19(24)14-7-5-8-16(10-14)25-9-4-2;/h4-5,7-8,10,15,17H,2-3,6,9,11-13H2,1H3,(H,20,24)(H,22,23);1H/t15-,17-;/m0./s1. The van der Waals surface area contributed by atoms with Gasteiger partial charge in [-0.3, -0.25) is 14.5 Å². The molecule has 1 aliphatic rings. The van der Waals surface area contributed by atoms with E-state index < -0.39 is 5.97 Å². The number of likely N-dealkylation sites (tertiary alicyclic amines) is 1. The summed E-state index contributed by atoms with van der Waals surface area (Å²) in [7, 11) is 0. The monoisotopic (exact) mass is 382 g/mol. The SMILES string of the molecule is C=CCOc1cccc(C(=O)N[C@H]2CN(CC(=O)O)C[C@@H]2CCC)c1.Cl. The number of hydrogen-bond acceptors (Lipinski definition) is 4. The van der Waals surface area contributed by atoms with Gasteiger partial charge in [-0.15, -0.1) is 12.4 Å². The third kappa shape index (κ3) is 6.35. The van der Waals surface area contributed by atoms with Gasteiger partial charge in [0, 0.05) is 24.7 Å². The summed E-state index contributed by atoms with van der Waals surface area (Å²) in [5.74, 6) is -0.105. The summed E-state index contributed by atoms with van der Waals surface area (Å²) in [6.45, 7) is 7.36. The highest BCUT2D eigenvalue weighted by atomic mass is 35.5. The molecule has 0 radical (unpaired) electrons. The van der Waals surface area contributed by atoms with Crippen molar-refractivity contribution in [1.29, 1.82) is 0 Å². The van der Waals surface area contributed by atoms with Gasteiger partial charge in [-0.05, 0) is 30.5 Å². The number of halogens is 1. The second-order valence-electron chi connectivity index (χ2n) is 6.34. The molecule has 144 valence electrons. The van der Waals surface area contributed by atoms with Crippen LogP contribution >= 0.6 is 12.4 Å². The van der Waals surface area contributed by atoms with Gasteiger partial charge < -0.3 is 15.2 Å². The van der Waals surface area contributed by atoms with Crippen molar-refractivity contribution < 1.29 is 19.4 Å². The van der Waals surface area contributed by atoms with Crippen LogP contribution in [0, 0.1) is 5.92 Å². The molecule has 1 amide bonds. The summed E-state index contributed by atoms with van der Waals surface area (Å²) in [5, 5.41) is 12.1. The number of amides is 1. The first-order chi connectivity index (χ1) is 12.0. The fraction of sp³-hybridized carbons (Fsp3) is 0.474. The number of carbonyl (C=O) groups excluding carboxylic acids is 1. The lowest BCUT2D eigenvalue weighted by molar-refractivity contribution is -0.138. The van der Waals surface area contributed by atoms with Gasteiger partial charge in [-0.1, -0.05) is 32.1 Å². The van der Waals surface area contributed by atoms with Crippen LogP contribution in [0.3, 0.4) is 0 Å². The number of nitrogens with zero attached hydrogens (tertiary/aromatic N) is 1. The zero-order chi connectivity index (χ0) is 18.2. The molecule has 1 heterocycles. The first-order valence-corrected chi connectivity index (χ1v) is 8.62. The highest BCUT2D eigenvalue weighted by Gasteiger charge is 2.34. The maximum atomic E-state index is 12.6. The van der Waals surface area contributed by atoms with Gasteiger partial charge in [0.15, 0.2) is 0 Å². The average molecular weight is 383 g/mol. The van der Waals surface area contributed by atoms with Crippen LogP contribution in [0.1, 0.15) is 30.1 Å². The molecule has 26 heavy (non-hydrogen) atoms. The number of hydrogen-bond donors (Lipinski definition) is 2. The van der Waals surface area contributed by atoms with Crippen LogP contribution in [0.2, 0.25) is 0 Å². The average Bonchev–Trinajstić information content (AvgIpc) is 2.94. The number of aliphatic carboxylic acids is 1. The smallest absolute Gasteiger partial charge is 0.317 e. The van der Waals surface area contributed by atoms with Crippen LogP contribution in [-0.2, 0) is 4.79 Å². The Balaban J connectivity index is 0.00000338. The Kier molecular flexibility index (Phi) is 9.16. The Morgan fingerprint density at radius 3 is 2.85 bits per heavy atom. The van der Waals surface area contributed by atoms with E-state index in [9.17, 15) is 9.59 Å². The van der Waals surface area contributed by atoms with Gasteiger partial charge in [-0.2, -0.15) is 0 Å². The molecule has 1 aromatic rings. The minimum Gasteiger partial charge on any atom is -0.490 e. The first-order valence-electron chi connectivity index (χ1n) is 8.62. The zero-order valence-corrected chi connectivity index (χ0v) is 15.8. The summed E-state index contributed by atoms with van der Waals surface area (Å²) < 4.78 is 5.46. The first kappa shape index (κ1) is 22.0. The second kappa shape index (κ2) is 10.8. The molecule has 0 aromatic heterocycles. The van der Waals surface area contributed by atoms with Crippen LogP contribution in [0.15, 0.2) is 36.9 Å². The van der Waals surface area contributed by atoms with E-state index in [0.717, 1.165) is 12.8 Å². The molecule has 2 atom stereocenters. The van der Waals surface area contributed by atoms with Crippen LogP contribution in [0.5, 0.6) is 5.75 Å². The van der Waals surface area contributed by atoms with Crippen LogP contribution < -0.4 is 10.1 Å². The number of rotatable bonds is 9. The van der Waals surface area contributed by atoms with Crippen molar-refractivity contribution in [1.82, 2.24) is 10.2 Å². The molecular weight excluding hydrogens is 356 g/mol. The van der Waals surface area contributed by atoms with Crippen molar-refractivity contribution in [3.63, 3.8) is 0 Å². The molecule has 1 saturated heterocycles. The Hall–Kier alpha value is -2.05. The number of nitrogens with one attached hydrogen (secondary N) is 1. The van der Waals surface area contributed by atoms with Crippen LogP contribution in [0.25, 0.3) is 0 Å². The summed E-state index contributed by atoms with van der Waals surface area (Å²) in [6, 6.07) is 6.99. The van der Waals surface area contributed by atoms with E-state index in [0.29, 0.717) is 31.0 Å². The maximum absolute atomic E-state index is 12.6. The third-order valence-electron chi connectivity index (χ3n) is 4.32. The number of ether oxygens (including phenoxy) is 1. The van der Waals surface area contributed by atoms with E-state index in [4.69, 9.17) is 9.84 Å². The predicted octanol–water partition coefficient (Wildman–Crippen LogP) is 2.59. The Morgan fingerprint density at radius 1 is 1.42 bits per heavy atom. The van der Waals surface area contributed by atoms with E-state index in [2.05, 4.69) is 18.8 Å². The van der Waals surface area contributed by atoms with E-state index in [-0.39, 0.29) is 36.8 Å². The van der Waals surface area contributed by atoms with Crippen molar-refractivity contribution >= 4 is 24.3 Å². The van der Waals surface area contributed by atoms with E-state index in [1.54, 1.807) is 30.3 Å². The molecule has 0 saturated carbocycles. The van der Waals surface area contributed by atoms with Gasteiger partial charge in [0.2, 0.25) is 0 Å². The van der Waals surface area contributed by atoms with E-state index in [1.807, 2.05) is 4.90 Å². The normalized spacial score (nSPS) is 19.4. The molecule has 2 N–H and O–H groups in total. The summed E-state index contributed by atoms with van der Waals surface area (Å²) in [6.07, 6.45) is 3.62. The topological polar surface area (TPSA) is 78.9 Å². The lowest BCUT2D eigenvalue weighted by Gasteiger charge is -2.19. The third-order valence-corrected chi connectivity index (χ3v) is 4.32. The zero-order valence-electron chi connectivity index (χ0n) is 15.0. The molecule has 6 nitrogen and oxygen atoms in total. The highest BCUT2D eigenvalue weighted by molar-refractivity contribution is 5.94. The molecule has 7 heteroatoms. The Labute approximate surface area is 160 Å². The molecule has 1 aliphatic heterocycles. The fourth-order valence-electron chi connectivity index (χ4n) is 3.24. The summed E-state index contributed by atoms with van der Waals surface area (Å²) >= 11 is 0. The number of carboxylic acid groups (broad SMARTS) is 1. The number of carboxylic acids is 1. The maximum Gasteiger partial charge on any atom is 0.317 e. The highest BCUT2D eigenvalue weighted by Crippen LogP contribution is 2.22. The molecule has 1 aromatic carbocycles. The molecule has 0 spiro atoms. The number of carbonyl (C=O) groups is 2. The van der Waals surface area contributed by atoms with Gasteiger partial charge in [0.1, 0.15) is 12.4 Å². The van der Waals surface area contributed by atoms with Crippen molar-refractivity contribution in [2.45, 2.75) is 25.8 Å². The lowest BCUT2D eigenvalue weighted by atomic mass is 9.98. The summed E-state index contributed by atoms with van der Waals surface area (Å²) in [4.78, 5) is 25.4. The molecule has 0 aliphatic carbocycles. The van der Waals surface area contributed by atoms with Crippen molar-refractivity contribution in [3.05, 3.63) is 42.5 Å². The van der Waals surface area contributed by atoms with E-state index in [1.165, 1.54) is 0 Å². The van der Waals surface area contributed by atoms with Gasteiger partial charge in [-0.25, -0.2) is 0 Å². The molecule has 2 rings (SSSR count). The van der Waals surface area contributed by atoms with Gasteiger partial charge in [0.25, 0.3) is 5.91 Å². The quantitative estimate of drug-likeness (QED) is 0.642. The van der Waals surface area contributed by atoms with Gasteiger partial charge >= 0.3 is 5.97 Å². The van der Waals surface area contributed by atoms with E-state index >= 15 is 0 Å². The molecule has 0 bridgehead atoms. The van der Waals surface area contributed by atoms with Gasteiger partial charge in [0.05, 0.1) is 6.54 Å². The Bertz CT molecular complexity index is 623. The van der Waals surface area contributed by atoms with Crippen molar-refractivity contribution in [3.8, 4) is 5.75 Å². The lowest BCUT2D eigenvalue weighted by Crippen LogP contribution is -2.40. The Morgan fingerprint density at radius 2 is 2.19 bits per heavy atom. The molecule has 0 unspecified atom stereocenters. The molecule has 1 fully saturated rings. The van der Waals surface area contributed by atoms with Crippen LogP contribution in [-0.4, -0.2) is 54.2 Å². The largest absolute Gasteiger partial charge is 0.490 e. The number of benzene rings is 1. The molecular formula is C19H27ClN2O4. The second-order valence-corrected chi connectivity index (χ2v) is 6.34. The summed E-state index contributed by atoms with van der Waals surface area (Å²) in [5.41, 5.74) is 0.536.